The van der Waals surface area contributed by atoms with Gasteiger partial charge in [-0.2, -0.15) is 0 Å². The summed E-state index contributed by atoms with van der Waals surface area (Å²) in [6, 6.07) is 24.3. The van der Waals surface area contributed by atoms with Crippen molar-refractivity contribution >= 4 is 23.3 Å². The quantitative estimate of drug-likeness (QED) is 0.145. The molecule has 3 aromatic rings. The molecule has 224 valence electrons. The zero-order valence-electron chi connectivity index (χ0n) is 26.4. The number of nitrogens with zero attached hydrogens (tertiary/aromatic N) is 1. The highest BCUT2D eigenvalue weighted by Gasteiger charge is 2.14. The van der Waals surface area contributed by atoms with E-state index in [1.54, 1.807) is 0 Å². The number of anilines is 3. The Kier molecular flexibility index (Phi) is 16.3. The Morgan fingerprint density at radius 3 is 1.29 bits per heavy atom. The van der Waals surface area contributed by atoms with Crippen molar-refractivity contribution in [1.82, 2.24) is 0 Å². The molecule has 41 heavy (non-hydrogen) atoms. The van der Waals surface area contributed by atoms with Crippen LogP contribution in [0.25, 0.3) is 0 Å². The van der Waals surface area contributed by atoms with Crippen LogP contribution in [0.2, 0.25) is 0 Å². The highest BCUT2D eigenvalue weighted by Crippen LogP contribution is 2.36. The second kappa shape index (κ2) is 19.7. The number of rotatable bonds is 18. The molecule has 0 aliphatic rings. The van der Waals surface area contributed by atoms with Crippen molar-refractivity contribution in [3.63, 3.8) is 0 Å². The summed E-state index contributed by atoms with van der Waals surface area (Å²) in [4.78, 5) is 13.4. The Hall–Kier alpha value is -3.27. The predicted molar refractivity (Wildman–Crippen MR) is 175 cm³/mol. The molecule has 0 N–H and O–H groups in total. The van der Waals surface area contributed by atoms with Gasteiger partial charge in [-0.3, -0.25) is 4.79 Å². The van der Waals surface area contributed by atoms with Crippen LogP contribution in [0, 0.1) is 11.8 Å². The first-order valence-electron chi connectivity index (χ1n) is 15.9. The third kappa shape index (κ3) is 11.3. The van der Waals surface area contributed by atoms with E-state index in [1.165, 1.54) is 38.5 Å². The van der Waals surface area contributed by atoms with Gasteiger partial charge in [-0.15, -0.1) is 0 Å². The van der Waals surface area contributed by atoms with E-state index in [1.807, 2.05) is 62.4 Å². The molecule has 0 saturated carbocycles. The van der Waals surface area contributed by atoms with Gasteiger partial charge in [0.15, 0.2) is 0 Å². The zero-order chi connectivity index (χ0) is 29.9. The summed E-state index contributed by atoms with van der Waals surface area (Å²) in [7, 11) is 0. The number of benzene rings is 3. The Balaban J connectivity index is 0.00000287. The average Bonchev–Trinajstić information content (AvgIpc) is 3.04. The number of hydrogen-bond acceptors (Lipinski definition) is 4. The van der Waals surface area contributed by atoms with Crippen LogP contribution >= 0.6 is 0 Å². The molecule has 0 aliphatic carbocycles. The maximum atomic E-state index is 11.2. The Morgan fingerprint density at radius 1 is 0.610 bits per heavy atom. The van der Waals surface area contributed by atoms with Gasteiger partial charge in [-0.1, -0.05) is 80.1 Å². The molecule has 4 heteroatoms. The minimum absolute atomic E-state index is 0.595. The van der Waals surface area contributed by atoms with Gasteiger partial charge in [0.05, 0.1) is 13.2 Å². The van der Waals surface area contributed by atoms with Crippen molar-refractivity contribution in [3.05, 3.63) is 78.4 Å². The summed E-state index contributed by atoms with van der Waals surface area (Å²) in [6.07, 6.45) is 10.5. The summed E-state index contributed by atoms with van der Waals surface area (Å²) >= 11 is 0. The van der Waals surface area contributed by atoms with Crippen molar-refractivity contribution < 1.29 is 14.3 Å². The number of hydrogen-bond donors (Lipinski definition) is 0. The van der Waals surface area contributed by atoms with E-state index in [2.05, 4.69) is 56.9 Å². The molecule has 0 bridgehead atoms. The molecule has 0 radical (unpaired) electrons. The smallest absolute Gasteiger partial charge is 0.150 e. The largest absolute Gasteiger partial charge is 0.493 e. The molecule has 0 fully saturated rings. The Bertz CT molecular complexity index is 1010. The predicted octanol–water partition coefficient (Wildman–Crippen LogP) is 11.2. The molecule has 0 aromatic heterocycles. The Labute approximate surface area is 250 Å². The van der Waals surface area contributed by atoms with Crippen LogP contribution in [0.3, 0.4) is 0 Å². The molecule has 0 aliphatic heterocycles. The zero-order valence-corrected chi connectivity index (χ0v) is 26.4. The number of aldehydes is 1. The molecule has 0 spiro atoms. The highest BCUT2D eigenvalue weighted by molar-refractivity contribution is 5.80. The molecule has 3 aromatic carbocycles. The molecule has 0 heterocycles. The van der Waals surface area contributed by atoms with Crippen LogP contribution in [0.5, 0.6) is 11.5 Å². The highest BCUT2D eigenvalue weighted by atomic mass is 16.5. The van der Waals surface area contributed by atoms with Crippen molar-refractivity contribution in [3.8, 4) is 11.5 Å². The second-order valence-electron chi connectivity index (χ2n) is 10.5. The van der Waals surface area contributed by atoms with E-state index in [-0.39, 0.29) is 0 Å². The first-order valence-corrected chi connectivity index (χ1v) is 15.9. The van der Waals surface area contributed by atoms with Gasteiger partial charge in [0.25, 0.3) is 0 Å². The van der Waals surface area contributed by atoms with E-state index >= 15 is 0 Å². The monoisotopic (exact) mass is 559 g/mol. The molecule has 4 nitrogen and oxygen atoms in total. The van der Waals surface area contributed by atoms with Gasteiger partial charge in [0, 0.05) is 22.6 Å². The van der Waals surface area contributed by atoms with E-state index in [9.17, 15) is 4.79 Å². The first kappa shape index (κ1) is 33.9. The van der Waals surface area contributed by atoms with Gasteiger partial charge in [0.1, 0.15) is 17.8 Å². The summed E-state index contributed by atoms with van der Waals surface area (Å²) in [6.45, 7) is 14.5. The van der Waals surface area contributed by atoms with Crippen LogP contribution in [-0.4, -0.2) is 19.5 Å². The number of carbonyl (C=O) groups is 1. The van der Waals surface area contributed by atoms with Crippen LogP contribution in [0.15, 0.2) is 72.8 Å². The normalized spacial score (nSPS) is 12.0. The number of ether oxygens (including phenoxy) is 2. The molecule has 0 amide bonds. The fourth-order valence-electron chi connectivity index (χ4n) is 4.76. The third-order valence-electron chi connectivity index (χ3n) is 7.54. The molecular formula is C37H53NO3. The maximum Gasteiger partial charge on any atom is 0.150 e. The van der Waals surface area contributed by atoms with Gasteiger partial charge in [0.2, 0.25) is 0 Å². The van der Waals surface area contributed by atoms with Crippen LogP contribution in [-0.2, 0) is 0 Å². The van der Waals surface area contributed by atoms with Crippen LogP contribution < -0.4 is 14.4 Å². The number of carbonyl (C=O) groups excluding carboxylic acids is 1. The first-order chi connectivity index (χ1) is 20.1. The Morgan fingerprint density at radius 2 is 0.976 bits per heavy atom. The number of unbranched alkanes of at least 4 members (excludes halogenated alkanes) is 2. The lowest BCUT2D eigenvalue weighted by molar-refractivity contribution is 0.112. The SMILES string of the molecule is CC.CCCCC(CC)COc1ccc(N(c2ccc(C=O)cc2)c2ccc(OCC(CC)CCCC)cc2)cc1. The van der Waals surface area contributed by atoms with E-state index in [4.69, 9.17) is 9.47 Å². The van der Waals surface area contributed by atoms with Crippen molar-refractivity contribution in [1.29, 1.82) is 0 Å². The fraction of sp³-hybridized carbons (Fsp3) is 0.486. The summed E-state index contributed by atoms with van der Waals surface area (Å²) in [5.41, 5.74) is 3.70. The van der Waals surface area contributed by atoms with Gasteiger partial charge in [-0.25, -0.2) is 0 Å². The van der Waals surface area contributed by atoms with Crippen molar-refractivity contribution in [2.75, 3.05) is 18.1 Å². The van der Waals surface area contributed by atoms with Crippen LogP contribution in [0.4, 0.5) is 17.1 Å². The topological polar surface area (TPSA) is 38.8 Å². The summed E-state index contributed by atoms with van der Waals surface area (Å²) in [5, 5.41) is 0. The van der Waals surface area contributed by atoms with Crippen molar-refractivity contribution in [2.24, 2.45) is 11.8 Å². The lowest BCUT2D eigenvalue weighted by atomic mass is 10.0. The standard InChI is InChI=1S/C35H47NO3.C2H6/c1-5-9-11-28(7-3)26-38-34-21-17-32(18-22-34)36(31-15-13-30(25-37)14-16-31)33-19-23-35(24-20-33)39-27-29(8-4)12-10-6-2;1-2/h13-25,28-29H,5-12,26-27H2,1-4H3;1-2H3. The molecule has 0 saturated heterocycles. The average molecular weight is 560 g/mol. The molecule has 2 atom stereocenters. The van der Waals surface area contributed by atoms with E-state index < -0.39 is 0 Å². The summed E-state index contributed by atoms with van der Waals surface area (Å²) in [5.74, 6) is 2.97. The molecule has 2 unspecified atom stereocenters. The fourth-order valence-corrected chi connectivity index (χ4v) is 4.76. The van der Waals surface area contributed by atoms with Gasteiger partial charge >= 0.3 is 0 Å². The van der Waals surface area contributed by atoms with E-state index in [0.29, 0.717) is 17.4 Å². The van der Waals surface area contributed by atoms with Crippen molar-refractivity contribution in [2.45, 2.75) is 92.9 Å². The van der Waals surface area contributed by atoms with E-state index in [0.717, 1.165) is 60.9 Å². The minimum atomic E-state index is 0.595. The van der Waals surface area contributed by atoms with Gasteiger partial charge in [-0.05, 0) is 97.5 Å². The minimum Gasteiger partial charge on any atom is -0.493 e. The molecule has 3 rings (SSSR count). The molecular weight excluding hydrogens is 506 g/mol. The lowest BCUT2D eigenvalue weighted by Crippen LogP contribution is -2.12. The maximum absolute atomic E-state index is 11.2. The van der Waals surface area contributed by atoms with Gasteiger partial charge < -0.3 is 14.4 Å². The second-order valence-corrected chi connectivity index (χ2v) is 10.5. The third-order valence-corrected chi connectivity index (χ3v) is 7.54. The summed E-state index contributed by atoms with van der Waals surface area (Å²) < 4.78 is 12.3. The van der Waals surface area contributed by atoms with Crippen LogP contribution in [0.1, 0.15) is 103 Å². The lowest BCUT2D eigenvalue weighted by Gasteiger charge is -2.26.